The molecule has 7 nitrogen and oxygen atoms in total. The van der Waals surface area contributed by atoms with Crippen LogP contribution in [0.25, 0.3) is 5.69 Å². The Kier molecular flexibility index (Phi) is 7.19. The Morgan fingerprint density at radius 3 is 2.35 bits per heavy atom. The summed E-state index contributed by atoms with van der Waals surface area (Å²) in [6.07, 6.45) is -2.70. The van der Waals surface area contributed by atoms with Gasteiger partial charge in [-0.15, -0.1) is 0 Å². The number of alkyl halides is 3. The molecule has 3 heterocycles. The van der Waals surface area contributed by atoms with Crippen molar-refractivity contribution in [3.05, 3.63) is 63.1 Å². The van der Waals surface area contributed by atoms with Gasteiger partial charge in [0, 0.05) is 56.3 Å². The number of halogens is 4. The second-order valence-electron chi connectivity index (χ2n) is 9.85. The van der Waals surface area contributed by atoms with Crippen LogP contribution in [0, 0.1) is 13.8 Å². The number of para-hydroxylation sites is 1. The van der Waals surface area contributed by atoms with E-state index in [9.17, 15) is 18.0 Å². The van der Waals surface area contributed by atoms with Crippen LogP contribution in [0.4, 0.5) is 13.2 Å². The highest BCUT2D eigenvalue weighted by Gasteiger charge is 2.41. The summed E-state index contributed by atoms with van der Waals surface area (Å²) in [5.41, 5.74) is 3.98. The molecule has 0 spiro atoms. The van der Waals surface area contributed by atoms with Gasteiger partial charge >= 0.3 is 6.18 Å². The predicted octanol–water partition coefficient (Wildman–Crippen LogP) is 5.08. The second-order valence-corrected chi connectivity index (χ2v) is 10.6. The Bertz CT molecular complexity index is 1270. The van der Waals surface area contributed by atoms with E-state index in [-0.39, 0.29) is 29.3 Å². The van der Waals surface area contributed by atoms with Gasteiger partial charge in [0.15, 0.2) is 5.69 Å². The van der Waals surface area contributed by atoms with Crippen LogP contribution in [0.15, 0.2) is 34.8 Å². The Hall–Kier alpha value is -2.66. The molecule has 1 amide bonds. The molecule has 1 aliphatic heterocycles. The third-order valence-corrected chi connectivity index (χ3v) is 8.03. The van der Waals surface area contributed by atoms with Crippen molar-refractivity contribution in [3.8, 4) is 5.69 Å². The van der Waals surface area contributed by atoms with Crippen LogP contribution in [0.5, 0.6) is 0 Å². The molecule has 1 aliphatic carbocycles. The summed E-state index contributed by atoms with van der Waals surface area (Å²) in [5.74, 6) is 0.0284. The Labute approximate surface area is 222 Å². The number of carbonyl (C=O) groups excluding carboxylic acids is 1. The van der Waals surface area contributed by atoms with Crippen LogP contribution in [0.1, 0.15) is 53.5 Å². The highest BCUT2D eigenvalue weighted by Crippen LogP contribution is 2.47. The number of hydrogen-bond acceptors (Lipinski definition) is 4. The number of nitrogens with zero attached hydrogens (tertiary/aromatic N) is 6. The molecule has 5 rings (SSSR count). The lowest BCUT2D eigenvalue weighted by atomic mass is 10.1. The average Bonchev–Trinajstić information content (AvgIpc) is 3.60. The lowest BCUT2D eigenvalue weighted by molar-refractivity contribution is -0.142. The van der Waals surface area contributed by atoms with Crippen molar-refractivity contribution in [1.82, 2.24) is 29.4 Å². The summed E-state index contributed by atoms with van der Waals surface area (Å²) in [7, 11) is 0. The second kappa shape index (κ2) is 10.2. The van der Waals surface area contributed by atoms with Gasteiger partial charge in [-0.1, -0.05) is 18.2 Å². The zero-order valence-electron chi connectivity index (χ0n) is 20.9. The molecule has 198 valence electrons. The molecule has 0 atom stereocenters. The van der Waals surface area contributed by atoms with Crippen LogP contribution in [-0.4, -0.2) is 61.4 Å². The number of aromatic nitrogens is 4. The smallest absolute Gasteiger partial charge is 0.340 e. The molecule has 2 aromatic heterocycles. The van der Waals surface area contributed by atoms with Gasteiger partial charge in [-0.3, -0.25) is 14.4 Å². The van der Waals surface area contributed by atoms with Crippen molar-refractivity contribution in [1.29, 1.82) is 0 Å². The lowest BCUT2D eigenvalue weighted by Gasteiger charge is -2.35. The Balaban J connectivity index is 1.17. The van der Waals surface area contributed by atoms with Gasteiger partial charge in [0.25, 0.3) is 0 Å². The van der Waals surface area contributed by atoms with E-state index in [2.05, 4.69) is 32.9 Å². The van der Waals surface area contributed by atoms with E-state index in [1.807, 2.05) is 46.8 Å². The first-order valence-electron chi connectivity index (χ1n) is 12.6. The van der Waals surface area contributed by atoms with Gasteiger partial charge in [0.2, 0.25) is 5.91 Å². The standard InChI is InChI=1S/C26H30BrF3N6O/c1-17-21(18(2)36(31-17)20-6-4-3-5-7-20)16-33-12-14-34(15-13-33)22(37)10-11-35-24(19-8-9-19)23(27)25(32-35)26(28,29)30/h3-7,19H,8-16H2,1-2H3. The SMILES string of the molecule is Cc1nn(-c2ccccc2)c(C)c1CN1CCN(C(=O)CCn2nc(C(F)(F)F)c(Br)c2C2CC2)CC1. The highest BCUT2D eigenvalue weighted by atomic mass is 79.9. The van der Waals surface area contributed by atoms with Crippen LogP contribution < -0.4 is 0 Å². The minimum Gasteiger partial charge on any atom is -0.340 e. The van der Waals surface area contributed by atoms with E-state index in [0.29, 0.717) is 18.8 Å². The van der Waals surface area contributed by atoms with Crippen molar-refractivity contribution in [2.45, 2.75) is 58.3 Å². The molecule has 0 radical (unpaired) electrons. The van der Waals surface area contributed by atoms with Crippen LogP contribution >= 0.6 is 15.9 Å². The minimum absolute atomic E-state index is 0.0183. The fraction of sp³-hybridized carbons (Fsp3) is 0.500. The van der Waals surface area contributed by atoms with Gasteiger partial charge in [0.05, 0.1) is 28.1 Å². The van der Waals surface area contributed by atoms with Crippen molar-refractivity contribution in [2.24, 2.45) is 0 Å². The van der Waals surface area contributed by atoms with Crippen molar-refractivity contribution >= 4 is 21.8 Å². The molecule has 2 fully saturated rings. The first kappa shape index (κ1) is 26.0. The zero-order valence-corrected chi connectivity index (χ0v) is 22.5. The van der Waals surface area contributed by atoms with Gasteiger partial charge in [-0.25, -0.2) is 4.68 Å². The fourth-order valence-electron chi connectivity index (χ4n) is 5.01. The van der Waals surface area contributed by atoms with Gasteiger partial charge in [-0.2, -0.15) is 23.4 Å². The molecule has 11 heteroatoms. The molecule has 1 saturated carbocycles. The first-order valence-corrected chi connectivity index (χ1v) is 13.4. The lowest BCUT2D eigenvalue weighted by Crippen LogP contribution is -2.48. The summed E-state index contributed by atoms with van der Waals surface area (Å²) in [4.78, 5) is 17.0. The minimum atomic E-state index is -4.53. The number of amides is 1. The molecule has 2 aliphatic rings. The van der Waals surface area contributed by atoms with Crippen molar-refractivity contribution in [2.75, 3.05) is 26.2 Å². The van der Waals surface area contributed by atoms with Gasteiger partial charge in [-0.05, 0) is 54.8 Å². The predicted molar refractivity (Wildman–Crippen MR) is 136 cm³/mol. The van der Waals surface area contributed by atoms with E-state index in [0.717, 1.165) is 49.6 Å². The zero-order chi connectivity index (χ0) is 26.3. The fourth-order valence-corrected chi connectivity index (χ4v) is 5.85. The maximum absolute atomic E-state index is 13.4. The summed E-state index contributed by atoms with van der Waals surface area (Å²) in [6.45, 7) is 7.67. The molecular formula is C26H30BrF3N6O. The number of rotatable bonds is 7. The van der Waals surface area contributed by atoms with Gasteiger partial charge < -0.3 is 4.90 Å². The van der Waals surface area contributed by atoms with E-state index in [1.54, 1.807) is 0 Å². The monoisotopic (exact) mass is 578 g/mol. The summed E-state index contributed by atoms with van der Waals surface area (Å²) in [5, 5.41) is 8.55. The third kappa shape index (κ3) is 5.47. The maximum atomic E-state index is 13.4. The molecular weight excluding hydrogens is 549 g/mol. The van der Waals surface area contributed by atoms with Crippen molar-refractivity contribution in [3.63, 3.8) is 0 Å². The van der Waals surface area contributed by atoms with E-state index >= 15 is 0 Å². The molecule has 1 saturated heterocycles. The number of piperazine rings is 1. The number of aryl methyl sites for hydroxylation is 2. The largest absolute Gasteiger partial charge is 0.436 e. The highest BCUT2D eigenvalue weighted by molar-refractivity contribution is 9.10. The number of hydrogen-bond donors (Lipinski definition) is 0. The average molecular weight is 579 g/mol. The molecule has 37 heavy (non-hydrogen) atoms. The molecule has 0 bridgehead atoms. The molecule has 0 unspecified atom stereocenters. The topological polar surface area (TPSA) is 59.2 Å². The molecule has 0 N–H and O–H groups in total. The van der Waals surface area contributed by atoms with Crippen LogP contribution in [0.2, 0.25) is 0 Å². The molecule has 1 aromatic carbocycles. The van der Waals surface area contributed by atoms with Crippen LogP contribution in [0.3, 0.4) is 0 Å². The quantitative estimate of drug-likeness (QED) is 0.392. The van der Waals surface area contributed by atoms with E-state index in [1.165, 1.54) is 10.2 Å². The van der Waals surface area contributed by atoms with Crippen LogP contribution in [-0.2, 0) is 24.1 Å². The summed E-state index contributed by atoms with van der Waals surface area (Å²) < 4.78 is 43.4. The molecule has 3 aromatic rings. The normalized spacial score (nSPS) is 17.0. The van der Waals surface area contributed by atoms with E-state index < -0.39 is 11.9 Å². The maximum Gasteiger partial charge on any atom is 0.436 e. The number of carbonyl (C=O) groups is 1. The summed E-state index contributed by atoms with van der Waals surface area (Å²) >= 11 is 3.11. The first-order chi connectivity index (χ1) is 17.6. The summed E-state index contributed by atoms with van der Waals surface area (Å²) in [6, 6.07) is 10.0. The van der Waals surface area contributed by atoms with Crippen molar-refractivity contribution < 1.29 is 18.0 Å². The Morgan fingerprint density at radius 2 is 1.73 bits per heavy atom. The van der Waals surface area contributed by atoms with E-state index in [4.69, 9.17) is 5.10 Å². The number of benzene rings is 1. The van der Waals surface area contributed by atoms with Gasteiger partial charge in [0.1, 0.15) is 0 Å². The third-order valence-electron chi connectivity index (χ3n) is 7.25. The Morgan fingerprint density at radius 1 is 1.05 bits per heavy atom.